The Bertz CT molecular complexity index is 768. The number of carbonyl (C=O) groups is 3. The van der Waals surface area contributed by atoms with E-state index in [4.69, 9.17) is 14.2 Å². The van der Waals surface area contributed by atoms with Gasteiger partial charge in [-0.15, -0.1) is 0 Å². The van der Waals surface area contributed by atoms with E-state index in [1.54, 1.807) is 0 Å². The molecule has 0 N–H and O–H groups in total. The molecule has 0 radical (unpaired) electrons. The van der Waals surface area contributed by atoms with Crippen molar-refractivity contribution < 1.29 is 28.6 Å². The summed E-state index contributed by atoms with van der Waals surface area (Å²) in [5, 5.41) is 0. The van der Waals surface area contributed by atoms with Gasteiger partial charge < -0.3 is 14.2 Å². The van der Waals surface area contributed by atoms with E-state index in [0.717, 1.165) is 63.7 Å². The SMILES string of the molecule is CCCCCCCCCCCCCC(=O)O[C@@H](COC(=O)CCCCCCCCCCCC)COC(=O)CCCCCCCCCCC(C)CC. The second-order valence-electron chi connectivity index (χ2n) is 15.6. The number of hydrogen-bond acceptors (Lipinski definition) is 6. The van der Waals surface area contributed by atoms with Crippen LogP contribution < -0.4 is 0 Å². The van der Waals surface area contributed by atoms with E-state index in [1.807, 2.05) is 0 Å². The van der Waals surface area contributed by atoms with Crippen molar-refractivity contribution >= 4 is 17.9 Å². The normalized spacial score (nSPS) is 12.5. The van der Waals surface area contributed by atoms with E-state index in [2.05, 4.69) is 27.7 Å². The van der Waals surface area contributed by atoms with Crippen molar-refractivity contribution in [3.8, 4) is 0 Å². The van der Waals surface area contributed by atoms with Crippen LogP contribution in [0.4, 0.5) is 0 Å². The number of hydrogen-bond donors (Lipinski definition) is 0. The van der Waals surface area contributed by atoms with E-state index in [0.29, 0.717) is 19.3 Å². The third-order valence-corrected chi connectivity index (χ3v) is 10.4. The van der Waals surface area contributed by atoms with E-state index < -0.39 is 6.10 Å². The van der Waals surface area contributed by atoms with Crippen molar-refractivity contribution in [3.63, 3.8) is 0 Å². The zero-order valence-corrected chi connectivity index (χ0v) is 34.6. The number of ether oxygens (including phenoxy) is 3. The van der Waals surface area contributed by atoms with E-state index in [9.17, 15) is 14.4 Å². The van der Waals surface area contributed by atoms with E-state index in [1.165, 1.54) is 141 Å². The first-order valence-corrected chi connectivity index (χ1v) is 22.4. The summed E-state index contributed by atoms with van der Waals surface area (Å²) in [5.74, 6) is -0.0101. The summed E-state index contributed by atoms with van der Waals surface area (Å²) in [5.41, 5.74) is 0. The van der Waals surface area contributed by atoms with Gasteiger partial charge in [0.05, 0.1) is 0 Å². The molecule has 0 aliphatic carbocycles. The maximum absolute atomic E-state index is 12.7. The van der Waals surface area contributed by atoms with Crippen LogP contribution in [0.1, 0.15) is 246 Å². The molecule has 6 heteroatoms. The lowest BCUT2D eigenvalue weighted by Crippen LogP contribution is -2.30. The highest BCUT2D eigenvalue weighted by molar-refractivity contribution is 5.71. The molecular formula is C45H86O6. The monoisotopic (exact) mass is 723 g/mol. The van der Waals surface area contributed by atoms with Crippen LogP contribution >= 0.6 is 0 Å². The van der Waals surface area contributed by atoms with Crippen LogP contribution in [-0.4, -0.2) is 37.2 Å². The van der Waals surface area contributed by atoms with Gasteiger partial charge in [0.15, 0.2) is 6.10 Å². The molecule has 0 aromatic carbocycles. The Labute approximate surface area is 317 Å². The minimum absolute atomic E-state index is 0.0643. The summed E-state index contributed by atoms with van der Waals surface area (Å²) >= 11 is 0. The first kappa shape index (κ1) is 49.4. The molecule has 1 unspecified atom stereocenters. The molecule has 6 nitrogen and oxygen atoms in total. The van der Waals surface area contributed by atoms with Gasteiger partial charge in [-0.05, 0) is 25.2 Å². The number of esters is 3. The van der Waals surface area contributed by atoms with Crippen molar-refractivity contribution in [2.24, 2.45) is 5.92 Å². The van der Waals surface area contributed by atoms with Crippen molar-refractivity contribution in [1.29, 1.82) is 0 Å². The predicted octanol–water partition coefficient (Wildman–Crippen LogP) is 13.9. The van der Waals surface area contributed by atoms with Gasteiger partial charge in [0.25, 0.3) is 0 Å². The molecule has 51 heavy (non-hydrogen) atoms. The van der Waals surface area contributed by atoms with Gasteiger partial charge in [0.1, 0.15) is 13.2 Å². The molecule has 2 atom stereocenters. The Balaban J connectivity index is 4.34. The standard InChI is InChI=1S/C45H86O6/c1-5-8-10-12-14-16-18-20-26-30-34-38-45(48)51-42(39-49-43(46)36-32-28-24-19-17-15-13-11-9-6-2)40-50-44(47)37-33-29-25-22-21-23-27-31-35-41(4)7-3/h41-42H,5-40H2,1-4H3/t41?,42-/m0/s1. The first-order valence-electron chi connectivity index (χ1n) is 22.4. The molecule has 0 amide bonds. The number of unbranched alkanes of at least 4 members (excludes halogenated alkanes) is 26. The fourth-order valence-corrected chi connectivity index (χ4v) is 6.59. The predicted molar refractivity (Wildman–Crippen MR) is 215 cm³/mol. The molecule has 0 heterocycles. The van der Waals surface area contributed by atoms with Gasteiger partial charge in [-0.2, -0.15) is 0 Å². The quantitative estimate of drug-likeness (QED) is 0.0356. The average molecular weight is 723 g/mol. The molecule has 0 fully saturated rings. The van der Waals surface area contributed by atoms with Crippen molar-refractivity contribution in [1.82, 2.24) is 0 Å². The smallest absolute Gasteiger partial charge is 0.306 e. The summed E-state index contributed by atoms with van der Waals surface area (Å²) in [4.78, 5) is 37.6. The second kappa shape index (κ2) is 39.6. The van der Waals surface area contributed by atoms with Crippen LogP contribution in [0, 0.1) is 5.92 Å². The minimum Gasteiger partial charge on any atom is -0.462 e. The largest absolute Gasteiger partial charge is 0.462 e. The fraction of sp³-hybridized carbons (Fsp3) is 0.933. The van der Waals surface area contributed by atoms with Gasteiger partial charge in [0.2, 0.25) is 0 Å². The molecule has 0 bridgehead atoms. The maximum Gasteiger partial charge on any atom is 0.306 e. The fourth-order valence-electron chi connectivity index (χ4n) is 6.59. The van der Waals surface area contributed by atoms with Crippen LogP contribution in [0.25, 0.3) is 0 Å². The third kappa shape index (κ3) is 38.0. The maximum atomic E-state index is 12.7. The zero-order valence-electron chi connectivity index (χ0n) is 34.6. The molecule has 0 rings (SSSR count). The Morgan fingerprint density at radius 1 is 0.392 bits per heavy atom. The van der Waals surface area contributed by atoms with Crippen molar-refractivity contribution in [2.45, 2.75) is 252 Å². The lowest BCUT2D eigenvalue weighted by atomic mass is 9.99. The third-order valence-electron chi connectivity index (χ3n) is 10.4. The van der Waals surface area contributed by atoms with Crippen LogP contribution in [0.3, 0.4) is 0 Å². The van der Waals surface area contributed by atoms with Crippen LogP contribution in [0.5, 0.6) is 0 Å². The first-order chi connectivity index (χ1) is 24.9. The zero-order chi connectivity index (χ0) is 37.5. The summed E-state index contributed by atoms with van der Waals surface area (Å²) < 4.78 is 16.7. The molecule has 0 aromatic rings. The number of carbonyl (C=O) groups excluding carboxylic acids is 3. The van der Waals surface area contributed by atoms with Crippen LogP contribution in [-0.2, 0) is 28.6 Å². The molecule has 302 valence electrons. The Kier molecular flexibility index (Phi) is 38.4. The summed E-state index contributed by atoms with van der Waals surface area (Å²) in [6.07, 6.45) is 37.9. The molecule has 0 saturated heterocycles. The average Bonchev–Trinajstić information content (AvgIpc) is 3.13. The van der Waals surface area contributed by atoms with E-state index >= 15 is 0 Å². The van der Waals surface area contributed by atoms with Gasteiger partial charge in [-0.1, -0.05) is 207 Å². The van der Waals surface area contributed by atoms with Crippen molar-refractivity contribution in [3.05, 3.63) is 0 Å². The van der Waals surface area contributed by atoms with E-state index in [-0.39, 0.29) is 31.1 Å². The lowest BCUT2D eigenvalue weighted by molar-refractivity contribution is -0.167. The Morgan fingerprint density at radius 3 is 1.02 bits per heavy atom. The molecule has 0 aliphatic rings. The minimum atomic E-state index is -0.758. The topological polar surface area (TPSA) is 78.9 Å². The van der Waals surface area contributed by atoms with Crippen molar-refractivity contribution in [2.75, 3.05) is 13.2 Å². The molecule has 0 saturated carbocycles. The van der Waals surface area contributed by atoms with Gasteiger partial charge in [-0.25, -0.2) is 0 Å². The Morgan fingerprint density at radius 2 is 0.686 bits per heavy atom. The highest BCUT2D eigenvalue weighted by Gasteiger charge is 2.19. The van der Waals surface area contributed by atoms with Gasteiger partial charge in [0, 0.05) is 19.3 Å². The second-order valence-corrected chi connectivity index (χ2v) is 15.6. The number of rotatable bonds is 40. The van der Waals surface area contributed by atoms with Gasteiger partial charge >= 0.3 is 17.9 Å². The highest BCUT2D eigenvalue weighted by atomic mass is 16.6. The van der Waals surface area contributed by atoms with Gasteiger partial charge in [-0.3, -0.25) is 14.4 Å². The van der Waals surface area contributed by atoms with Crippen LogP contribution in [0.2, 0.25) is 0 Å². The summed E-state index contributed by atoms with van der Waals surface area (Å²) in [7, 11) is 0. The lowest BCUT2D eigenvalue weighted by Gasteiger charge is -2.18. The molecule has 0 spiro atoms. The van der Waals surface area contributed by atoms with Crippen LogP contribution in [0.15, 0.2) is 0 Å². The highest BCUT2D eigenvalue weighted by Crippen LogP contribution is 2.16. The summed E-state index contributed by atoms with van der Waals surface area (Å²) in [6.45, 7) is 8.98. The summed E-state index contributed by atoms with van der Waals surface area (Å²) in [6, 6.07) is 0. The molecular weight excluding hydrogens is 636 g/mol. The molecule has 0 aliphatic heterocycles. The Hall–Kier alpha value is -1.59. The molecule has 0 aromatic heterocycles.